The van der Waals surface area contributed by atoms with Gasteiger partial charge >= 0.3 is 0 Å². The summed E-state index contributed by atoms with van der Waals surface area (Å²) in [5.74, 6) is 0.424. The van der Waals surface area contributed by atoms with Crippen molar-refractivity contribution in [3.8, 4) is 0 Å². The highest BCUT2D eigenvalue weighted by Crippen LogP contribution is 2.44. The molecule has 5 rings (SSSR count). The lowest BCUT2D eigenvalue weighted by atomic mass is 9.90. The van der Waals surface area contributed by atoms with Crippen LogP contribution in [-0.2, 0) is 0 Å². The van der Waals surface area contributed by atoms with Crippen molar-refractivity contribution in [3.05, 3.63) is 120 Å². The summed E-state index contributed by atoms with van der Waals surface area (Å²) in [5.41, 5.74) is 5.77. The van der Waals surface area contributed by atoms with E-state index in [4.69, 9.17) is 0 Å². The van der Waals surface area contributed by atoms with E-state index in [9.17, 15) is 0 Å². The molecule has 4 aromatic carbocycles. The first kappa shape index (κ1) is 20.0. The second kappa shape index (κ2) is 8.29. The van der Waals surface area contributed by atoms with Crippen LogP contribution in [0.2, 0.25) is 0 Å². The highest BCUT2D eigenvalue weighted by molar-refractivity contribution is 7.80. The molecule has 152 valence electrons. The Kier molecular flexibility index (Phi) is 5.34. The topological polar surface area (TPSA) is 0 Å². The Bertz CT molecular complexity index is 1260. The molecule has 1 heteroatoms. The van der Waals surface area contributed by atoms with Crippen LogP contribution in [-0.4, -0.2) is 0 Å². The number of rotatable bonds is 4. The maximum atomic E-state index is 2.42. The first-order chi connectivity index (χ1) is 15.1. The van der Waals surface area contributed by atoms with Crippen molar-refractivity contribution < 1.29 is 0 Å². The highest BCUT2D eigenvalue weighted by Gasteiger charge is 2.27. The predicted octanol–water partition coefficient (Wildman–Crippen LogP) is 6.97. The third kappa shape index (κ3) is 3.56. The number of fused-ring (bicyclic) bond motifs is 1. The van der Waals surface area contributed by atoms with Gasteiger partial charge in [-0.3, -0.25) is 0 Å². The average Bonchev–Trinajstić information content (AvgIpc) is 3.06. The molecule has 1 unspecified atom stereocenters. The minimum absolute atomic E-state index is 0.424. The quantitative estimate of drug-likeness (QED) is 0.314. The van der Waals surface area contributed by atoms with Gasteiger partial charge in [-0.15, -0.1) is 0 Å². The molecule has 0 nitrogen and oxygen atoms in total. The molecule has 1 atom stereocenters. The summed E-state index contributed by atoms with van der Waals surface area (Å²) >= 11 is 0. The summed E-state index contributed by atoms with van der Waals surface area (Å²) in [6.07, 6.45) is 2.42. The number of allylic oxidation sites excluding steroid dienone is 4. The molecule has 0 aliphatic heterocycles. The van der Waals surface area contributed by atoms with Crippen molar-refractivity contribution in [1.82, 2.24) is 0 Å². The standard InChI is InChI=1S/C30H27P/c1-21-20-22(2)29(23(21)3)30-27-17-11-10-12-24(27)18-19-28(30)31(25-13-6-4-7-14-25)26-15-8-5-9-16-26/h4-20,22H,1-3H3. The third-order valence-electron chi connectivity index (χ3n) is 6.40. The predicted molar refractivity (Wildman–Crippen MR) is 138 cm³/mol. The van der Waals surface area contributed by atoms with Crippen molar-refractivity contribution in [2.45, 2.75) is 20.8 Å². The molecule has 0 saturated heterocycles. The fraction of sp³-hybridized carbons (Fsp3) is 0.133. The molecule has 0 N–H and O–H groups in total. The Balaban J connectivity index is 1.86. The maximum Gasteiger partial charge on any atom is 0.000449 e. The number of hydrogen-bond donors (Lipinski definition) is 0. The van der Waals surface area contributed by atoms with E-state index in [1.165, 1.54) is 49.0 Å². The van der Waals surface area contributed by atoms with E-state index in [2.05, 4.69) is 124 Å². The summed E-state index contributed by atoms with van der Waals surface area (Å²) in [4.78, 5) is 0. The minimum Gasteiger partial charge on any atom is -0.0740 e. The zero-order valence-corrected chi connectivity index (χ0v) is 19.2. The van der Waals surface area contributed by atoms with Gasteiger partial charge in [0.2, 0.25) is 0 Å². The van der Waals surface area contributed by atoms with Gasteiger partial charge in [-0.25, -0.2) is 0 Å². The second-order valence-corrected chi connectivity index (χ2v) is 10.5. The molecular weight excluding hydrogens is 391 g/mol. The zero-order chi connectivity index (χ0) is 21.4. The first-order valence-corrected chi connectivity index (χ1v) is 12.3. The lowest BCUT2D eigenvalue weighted by Gasteiger charge is -2.26. The van der Waals surface area contributed by atoms with Crippen molar-refractivity contribution in [1.29, 1.82) is 0 Å². The molecule has 1 aliphatic carbocycles. The average molecular weight is 419 g/mol. The second-order valence-electron chi connectivity index (χ2n) is 8.36. The van der Waals surface area contributed by atoms with Gasteiger partial charge in [0.25, 0.3) is 0 Å². The van der Waals surface area contributed by atoms with Gasteiger partial charge in [0.1, 0.15) is 0 Å². The van der Waals surface area contributed by atoms with Gasteiger partial charge in [-0.1, -0.05) is 116 Å². The van der Waals surface area contributed by atoms with Gasteiger partial charge in [0.05, 0.1) is 0 Å². The number of benzene rings is 4. The third-order valence-corrected chi connectivity index (χ3v) is 8.88. The van der Waals surface area contributed by atoms with Gasteiger partial charge in [-0.2, -0.15) is 0 Å². The van der Waals surface area contributed by atoms with E-state index in [1.54, 1.807) is 0 Å². The lowest BCUT2D eigenvalue weighted by Crippen LogP contribution is -2.24. The Morgan fingerprint density at radius 3 is 1.81 bits per heavy atom. The Hall–Kier alpha value is -2.95. The summed E-state index contributed by atoms with van der Waals surface area (Å²) < 4.78 is 0. The SMILES string of the molecule is CC1=CC(C)C(c2c(P(c3ccccc3)c3ccccc3)ccc3ccccc23)=C1C. The molecule has 0 radical (unpaired) electrons. The molecule has 1 aliphatic rings. The molecule has 4 aromatic rings. The molecular formula is C30H27P. The van der Waals surface area contributed by atoms with Crippen LogP contribution in [0.25, 0.3) is 16.3 Å². The van der Waals surface area contributed by atoms with Gasteiger partial charge < -0.3 is 0 Å². The molecule has 0 amide bonds. The van der Waals surface area contributed by atoms with Crippen molar-refractivity contribution in [3.63, 3.8) is 0 Å². The van der Waals surface area contributed by atoms with Gasteiger partial charge in [-0.05, 0) is 65.2 Å². The fourth-order valence-electron chi connectivity index (χ4n) is 4.86. The first-order valence-electron chi connectivity index (χ1n) is 11.0. The van der Waals surface area contributed by atoms with Crippen LogP contribution in [0.3, 0.4) is 0 Å². The van der Waals surface area contributed by atoms with Crippen molar-refractivity contribution in [2.75, 3.05) is 0 Å². The Labute approximate surface area is 186 Å². The lowest BCUT2D eigenvalue weighted by molar-refractivity contribution is 0.978. The van der Waals surface area contributed by atoms with Crippen LogP contribution >= 0.6 is 7.92 Å². The van der Waals surface area contributed by atoms with E-state index in [0.29, 0.717) is 5.92 Å². The van der Waals surface area contributed by atoms with Gasteiger partial charge in [0, 0.05) is 5.92 Å². The molecule has 0 heterocycles. The fourth-order valence-corrected chi connectivity index (χ4v) is 7.35. The van der Waals surface area contributed by atoms with E-state index >= 15 is 0 Å². The zero-order valence-electron chi connectivity index (χ0n) is 18.3. The Morgan fingerprint density at radius 1 is 0.645 bits per heavy atom. The van der Waals surface area contributed by atoms with E-state index < -0.39 is 7.92 Å². The van der Waals surface area contributed by atoms with Crippen LogP contribution in [0, 0.1) is 5.92 Å². The molecule has 0 bridgehead atoms. The molecule has 0 spiro atoms. The van der Waals surface area contributed by atoms with Crippen LogP contribution < -0.4 is 15.9 Å². The van der Waals surface area contributed by atoms with E-state index in [1.807, 2.05) is 0 Å². The van der Waals surface area contributed by atoms with Crippen LogP contribution in [0.5, 0.6) is 0 Å². The van der Waals surface area contributed by atoms with Crippen LogP contribution in [0.15, 0.2) is 114 Å². The molecule has 0 aromatic heterocycles. The summed E-state index contributed by atoms with van der Waals surface area (Å²) in [6.45, 7) is 6.89. The normalized spacial score (nSPS) is 16.3. The maximum absolute atomic E-state index is 2.42. The molecule has 0 fully saturated rings. The number of hydrogen-bond acceptors (Lipinski definition) is 0. The smallest absolute Gasteiger partial charge is 0.000449 e. The van der Waals surface area contributed by atoms with E-state index in [-0.39, 0.29) is 0 Å². The summed E-state index contributed by atoms with van der Waals surface area (Å²) in [7, 11) is -0.666. The summed E-state index contributed by atoms with van der Waals surface area (Å²) in [6, 6.07) is 35.6. The Morgan fingerprint density at radius 2 is 1.23 bits per heavy atom. The highest BCUT2D eigenvalue weighted by atomic mass is 31.1. The van der Waals surface area contributed by atoms with Crippen molar-refractivity contribution >= 4 is 40.2 Å². The van der Waals surface area contributed by atoms with Gasteiger partial charge in [0.15, 0.2) is 0 Å². The largest absolute Gasteiger partial charge is 0.0740 e. The van der Waals surface area contributed by atoms with Crippen LogP contribution in [0.4, 0.5) is 0 Å². The molecule has 31 heavy (non-hydrogen) atoms. The van der Waals surface area contributed by atoms with Crippen molar-refractivity contribution in [2.24, 2.45) is 5.92 Å². The van der Waals surface area contributed by atoms with E-state index in [0.717, 1.165) is 0 Å². The molecule has 0 saturated carbocycles. The summed E-state index contributed by atoms with van der Waals surface area (Å²) in [5, 5.41) is 6.93. The monoisotopic (exact) mass is 418 g/mol. The minimum atomic E-state index is -0.666. The van der Waals surface area contributed by atoms with Crippen LogP contribution in [0.1, 0.15) is 26.3 Å².